The summed E-state index contributed by atoms with van der Waals surface area (Å²) in [4.78, 5) is 19.4. The monoisotopic (exact) mass is 376 g/mol. The number of aryl methyl sites for hydroxylation is 2. The SMILES string of the molecule is CCN(C(=O)c1ccc(S(=O)(=O)N(C)OC)cc1)c1cc(C)cc(C)c1. The molecule has 0 aliphatic carbocycles. The zero-order chi connectivity index (χ0) is 19.5. The third-order valence-corrected chi connectivity index (χ3v) is 5.77. The maximum atomic E-state index is 12.9. The molecule has 140 valence electrons. The molecule has 0 unspecified atom stereocenters. The third kappa shape index (κ3) is 4.12. The summed E-state index contributed by atoms with van der Waals surface area (Å²) < 4.78 is 25.2. The number of hydroxylamine groups is 1. The molecule has 0 atom stereocenters. The van der Waals surface area contributed by atoms with E-state index >= 15 is 0 Å². The van der Waals surface area contributed by atoms with Crippen LogP contribution in [0.5, 0.6) is 0 Å². The first-order valence-corrected chi connectivity index (χ1v) is 9.68. The summed E-state index contributed by atoms with van der Waals surface area (Å²) >= 11 is 0. The molecule has 0 N–H and O–H groups in total. The topological polar surface area (TPSA) is 66.9 Å². The van der Waals surface area contributed by atoms with Crippen molar-refractivity contribution in [1.29, 1.82) is 0 Å². The molecule has 0 heterocycles. The van der Waals surface area contributed by atoms with Crippen LogP contribution < -0.4 is 4.90 Å². The van der Waals surface area contributed by atoms with Crippen molar-refractivity contribution in [2.24, 2.45) is 0 Å². The standard InChI is InChI=1S/C19H24N2O4S/c1-6-21(17-12-14(2)11-15(3)13-17)19(22)16-7-9-18(10-8-16)26(23,24)20(4)25-5/h7-13H,6H2,1-5H3. The normalized spacial score (nSPS) is 11.6. The lowest BCUT2D eigenvalue weighted by molar-refractivity contribution is -0.0258. The van der Waals surface area contributed by atoms with Gasteiger partial charge in [0.15, 0.2) is 0 Å². The molecule has 26 heavy (non-hydrogen) atoms. The van der Waals surface area contributed by atoms with Crippen LogP contribution in [0.4, 0.5) is 5.69 Å². The maximum absolute atomic E-state index is 12.9. The molecule has 0 fully saturated rings. The van der Waals surface area contributed by atoms with Gasteiger partial charge in [0, 0.05) is 24.8 Å². The van der Waals surface area contributed by atoms with Crippen LogP contribution in [0.1, 0.15) is 28.4 Å². The number of anilines is 1. The van der Waals surface area contributed by atoms with Crippen LogP contribution in [0, 0.1) is 13.8 Å². The molecule has 2 rings (SSSR count). The van der Waals surface area contributed by atoms with Gasteiger partial charge in [-0.25, -0.2) is 8.42 Å². The van der Waals surface area contributed by atoms with E-state index in [1.165, 1.54) is 38.4 Å². The first kappa shape index (κ1) is 20.1. The van der Waals surface area contributed by atoms with Crippen LogP contribution in [0.25, 0.3) is 0 Å². The number of nitrogens with zero attached hydrogens (tertiary/aromatic N) is 2. The highest BCUT2D eigenvalue weighted by molar-refractivity contribution is 7.89. The number of hydrogen-bond acceptors (Lipinski definition) is 4. The predicted molar refractivity (Wildman–Crippen MR) is 102 cm³/mol. The summed E-state index contributed by atoms with van der Waals surface area (Å²) in [5.74, 6) is -0.179. The number of carbonyl (C=O) groups is 1. The van der Waals surface area contributed by atoms with Gasteiger partial charge in [-0.05, 0) is 68.3 Å². The Morgan fingerprint density at radius 3 is 2.04 bits per heavy atom. The molecule has 6 nitrogen and oxygen atoms in total. The van der Waals surface area contributed by atoms with E-state index in [1.807, 2.05) is 39.0 Å². The predicted octanol–water partition coefficient (Wildman–Crippen LogP) is 3.15. The van der Waals surface area contributed by atoms with Crippen LogP contribution in [0.15, 0.2) is 47.4 Å². The molecular weight excluding hydrogens is 352 g/mol. The van der Waals surface area contributed by atoms with E-state index in [4.69, 9.17) is 4.84 Å². The second-order valence-electron chi connectivity index (χ2n) is 6.02. The van der Waals surface area contributed by atoms with E-state index in [2.05, 4.69) is 0 Å². The van der Waals surface area contributed by atoms with Gasteiger partial charge in [0.05, 0.1) is 12.0 Å². The molecule has 7 heteroatoms. The van der Waals surface area contributed by atoms with Crippen molar-refractivity contribution >= 4 is 21.6 Å². The minimum Gasteiger partial charge on any atom is -0.309 e. The third-order valence-electron chi connectivity index (χ3n) is 4.07. The van der Waals surface area contributed by atoms with Crippen molar-refractivity contribution in [3.63, 3.8) is 0 Å². The largest absolute Gasteiger partial charge is 0.309 e. The van der Waals surface area contributed by atoms with Crippen molar-refractivity contribution in [1.82, 2.24) is 4.47 Å². The van der Waals surface area contributed by atoms with Crippen LogP contribution in [0.2, 0.25) is 0 Å². The molecule has 0 spiro atoms. The second kappa shape index (κ2) is 7.99. The maximum Gasteiger partial charge on any atom is 0.264 e. The number of rotatable bonds is 6. The minimum atomic E-state index is -3.73. The van der Waals surface area contributed by atoms with Crippen molar-refractivity contribution in [2.45, 2.75) is 25.7 Å². The van der Waals surface area contributed by atoms with Crippen molar-refractivity contribution < 1.29 is 18.0 Å². The van der Waals surface area contributed by atoms with Crippen LogP contribution in [0.3, 0.4) is 0 Å². The molecule has 0 aliphatic rings. The lowest BCUT2D eigenvalue weighted by Gasteiger charge is -2.22. The average Bonchev–Trinajstić information content (AvgIpc) is 2.60. The van der Waals surface area contributed by atoms with Crippen molar-refractivity contribution in [3.8, 4) is 0 Å². The molecule has 2 aromatic rings. The fourth-order valence-corrected chi connectivity index (χ4v) is 3.69. The van der Waals surface area contributed by atoms with Crippen molar-refractivity contribution in [3.05, 3.63) is 59.2 Å². The molecule has 0 aromatic heterocycles. The van der Waals surface area contributed by atoms with Gasteiger partial charge >= 0.3 is 0 Å². The van der Waals surface area contributed by atoms with Gasteiger partial charge in [-0.3, -0.25) is 9.63 Å². The Labute approximate surface area is 155 Å². The Bertz CT molecular complexity index is 872. The van der Waals surface area contributed by atoms with E-state index < -0.39 is 10.0 Å². The van der Waals surface area contributed by atoms with Gasteiger partial charge in [-0.1, -0.05) is 10.5 Å². The minimum absolute atomic E-state index is 0.0628. The summed E-state index contributed by atoms with van der Waals surface area (Å²) in [6, 6.07) is 11.8. The summed E-state index contributed by atoms with van der Waals surface area (Å²) in [6.45, 7) is 6.39. The van der Waals surface area contributed by atoms with Gasteiger partial charge in [-0.15, -0.1) is 0 Å². The van der Waals surface area contributed by atoms with E-state index in [1.54, 1.807) is 4.90 Å². The van der Waals surface area contributed by atoms with Crippen LogP contribution in [-0.2, 0) is 14.9 Å². The number of benzene rings is 2. The zero-order valence-corrected chi connectivity index (χ0v) is 16.5. The Morgan fingerprint density at radius 2 is 1.58 bits per heavy atom. The van der Waals surface area contributed by atoms with Crippen molar-refractivity contribution in [2.75, 3.05) is 25.6 Å². The average molecular weight is 376 g/mol. The Balaban J connectivity index is 2.34. The zero-order valence-electron chi connectivity index (χ0n) is 15.7. The quantitative estimate of drug-likeness (QED) is 0.727. The van der Waals surface area contributed by atoms with Gasteiger partial charge in [0.1, 0.15) is 0 Å². The summed E-state index contributed by atoms with van der Waals surface area (Å²) in [7, 11) is -1.15. The van der Waals surface area contributed by atoms with E-state index in [0.717, 1.165) is 21.3 Å². The molecule has 0 bridgehead atoms. The highest BCUT2D eigenvalue weighted by atomic mass is 32.2. The smallest absolute Gasteiger partial charge is 0.264 e. The van der Waals surface area contributed by atoms with Gasteiger partial charge in [0.2, 0.25) is 0 Å². The lowest BCUT2D eigenvalue weighted by Crippen LogP contribution is -2.31. The van der Waals surface area contributed by atoms with E-state index in [9.17, 15) is 13.2 Å². The first-order valence-electron chi connectivity index (χ1n) is 8.24. The number of carbonyl (C=O) groups excluding carboxylic acids is 1. The van der Waals surface area contributed by atoms with Gasteiger partial charge < -0.3 is 4.90 Å². The lowest BCUT2D eigenvalue weighted by atomic mass is 10.1. The van der Waals surface area contributed by atoms with Gasteiger partial charge in [0.25, 0.3) is 15.9 Å². The molecule has 0 saturated heterocycles. The fraction of sp³-hybridized carbons (Fsp3) is 0.316. The molecule has 1 amide bonds. The van der Waals surface area contributed by atoms with Crippen LogP contribution in [-0.4, -0.2) is 39.5 Å². The second-order valence-corrected chi connectivity index (χ2v) is 7.95. The van der Waals surface area contributed by atoms with E-state index in [0.29, 0.717) is 12.1 Å². The molecule has 0 aliphatic heterocycles. The highest BCUT2D eigenvalue weighted by Crippen LogP contribution is 2.22. The first-order chi connectivity index (χ1) is 12.2. The van der Waals surface area contributed by atoms with Crippen LogP contribution >= 0.6 is 0 Å². The molecule has 0 saturated carbocycles. The summed E-state index contributed by atoms with van der Waals surface area (Å²) in [5, 5.41) is 0. The molecular formula is C19H24N2O4S. The van der Waals surface area contributed by atoms with E-state index in [-0.39, 0.29) is 10.8 Å². The summed E-state index contributed by atoms with van der Waals surface area (Å²) in [6.07, 6.45) is 0. The Morgan fingerprint density at radius 1 is 1.04 bits per heavy atom. The fourth-order valence-electron chi connectivity index (χ4n) is 2.72. The summed E-state index contributed by atoms with van der Waals surface area (Å²) in [5.41, 5.74) is 3.40. The van der Waals surface area contributed by atoms with Gasteiger partial charge in [-0.2, -0.15) is 0 Å². The molecule has 2 aromatic carbocycles. The Kier molecular flexibility index (Phi) is 6.17. The number of hydrogen-bond donors (Lipinski definition) is 0. The molecule has 0 radical (unpaired) electrons. The Hall–Kier alpha value is -2.22. The highest BCUT2D eigenvalue weighted by Gasteiger charge is 2.22. The number of sulfonamides is 1. The number of amides is 1.